The van der Waals surface area contributed by atoms with Crippen LogP contribution in [0.25, 0.3) is 0 Å². The van der Waals surface area contributed by atoms with Crippen LogP contribution in [0.3, 0.4) is 0 Å². The third kappa shape index (κ3) is 4.84. The van der Waals surface area contributed by atoms with Gasteiger partial charge in [0.1, 0.15) is 0 Å². The van der Waals surface area contributed by atoms with Crippen LogP contribution in [0.15, 0.2) is 12.4 Å². The largest absolute Gasteiger partial charge is 0.379 e. The molecule has 1 N–H and O–H groups in total. The van der Waals surface area contributed by atoms with Crippen LogP contribution < -0.4 is 5.32 Å². The molecule has 0 aromatic carbocycles. The number of anilines is 1. The summed E-state index contributed by atoms with van der Waals surface area (Å²) in [6, 6.07) is 0. The van der Waals surface area contributed by atoms with Crippen molar-refractivity contribution in [1.29, 1.82) is 0 Å². The summed E-state index contributed by atoms with van der Waals surface area (Å²) in [6.45, 7) is 9.32. The maximum Gasteiger partial charge on any atom is 0.202 e. The standard InChI is InChI=1S/C14H26N4O/c1-2-3-8-18-9-6-16-14(18)15-5-4-7-17-10-12-19-13-11-17/h6,9H,2-5,7-8,10-13H2,1H3,(H,15,16). The van der Waals surface area contributed by atoms with E-state index in [9.17, 15) is 0 Å². The smallest absolute Gasteiger partial charge is 0.202 e. The Kier molecular flexibility index (Phi) is 6.17. The van der Waals surface area contributed by atoms with E-state index in [0.717, 1.165) is 58.3 Å². The maximum atomic E-state index is 5.35. The van der Waals surface area contributed by atoms with Gasteiger partial charge in [0, 0.05) is 38.6 Å². The fourth-order valence-corrected chi connectivity index (χ4v) is 2.31. The molecule has 0 aliphatic carbocycles. The molecule has 0 bridgehead atoms. The van der Waals surface area contributed by atoms with Gasteiger partial charge in [-0.15, -0.1) is 0 Å². The van der Waals surface area contributed by atoms with Crippen LogP contribution >= 0.6 is 0 Å². The van der Waals surface area contributed by atoms with Gasteiger partial charge in [0.05, 0.1) is 13.2 Å². The summed E-state index contributed by atoms with van der Waals surface area (Å²) in [5, 5.41) is 3.44. The molecule has 0 unspecified atom stereocenters. The molecular weight excluding hydrogens is 240 g/mol. The summed E-state index contributed by atoms with van der Waals surface area (Å²) in [5.41, 5.74) is 0. The van der Waals surface area contributed by atoms with Gasteiger partial charge in [0.15, 0.2) is 0 Å². The third-order valence-electron chi connectivity index (χ3n) is 3.51. The van der Waals surface area contributed by atoms with E-state index in [0.29, 0.717) is 0 Å². The Morgan fingerprint density at radius 1 is 1.26 bits per heavy atom. The SMILES string of the molecule is CCCCn1ccnc1NCCCN1CCOCC1. The zero-order valence-corrected chi connectivity index (χ0v) is 12.0. The van der Waals surface area contributed by atoms with Crippen LogP contribution in [0.5, 0.6) is 0 Å². The topological polar surface area (TPSA) is 42.3 Å². The molecule has 1 aromatic rings. The molecule has 108 valence electrons. The molecule has 1 fully saturated rings. The first-order valence-electron chi connectivity index (χ1n) is 7.45. The van der Waals surface area contributed by atoms with Crippen LogP contribution in [0, 0.1) is 0 Å². The Morgan fingerprint density at radius 3 is 2.89 bits per heavy atom. The van der Waals surface area contributed by atoms with Crippen molar-refractivity contribution >= 4 is 5.95 Å². The Bertz CT molecular complexity index is 347. The van der Waals surface area contributed by atoms with E-state index in [1.54, 1.807) is 0 Å². The lowest BCUT2D eigenvalue weighted by atomic mass is 10.3. The van der Waals surface area contributed by atoms with Gasteiger partial charge in [-0.25, -0.2) is 4.98 Å². The molecule has 19 heavy (non-hydrogen) atoms. The number of nitrogens with zero attached hydrogens (tertiary/aromatic N) is 3. The number of ether oxygens (including phenoxy) is 1. The summed E-state index contributed by atoms with van der Waals surface area (Å²) in [6.07, 6.45) is 7.51. The second-order valence-corrected chi connectivity index (χ2v) is 5.03. The number of morpholine rings is 1. The molecule has 1 aliphatic heterocycles. The number of hydrogen-bond acceptors (Lipinski definition) is 4. The molecule has 5 heteroatoms. The molecule has 1 saturated heterocycles. The molecule has 2 heterocycles. The molecule has 0 spiro atoms. The van der Waals surface area contributed by atoms with E-state index in [1.807, 2.05) is 6.20 Å². The summed E-state index contributed by atoms with van der Waals surface area (Å²) in [4.78, 5) is 6.84. The maximum absolute atomic E-state index is 5.35. The Balaban J connectivity index is 1.63. The van der Waals surface area contributed by atoms with Crippen molar-refractivity contribution in [2.45, 2.75) is 32.7 Å². The Hall–Kier alpha value is -1.07. The molecule has 5 nitrogen and oxygen atoms in total. The average molecular weight is 266 g/mol. The second-order valence-electron chi connectivity index (χ2n) is 5.03. The summed E-state index contributed by atoms with van der Waals surface area (Å²) in [7, 11) is 0. The molecule has 0 atom stereocenters. The van der Waals surface area contributed by atoms with Gasteiger partial charge < -0.3 is 14.6 Å². The highest BCUT2D eigenvalue weighted by Crippen LogP contribution is 2.06. The molecule has 0 radical (unpaired) electrons. The zero-order chi connectivity index (χ0) is 13.3. The van der Waals surface area contributed by atoms with E-state index in [-0.39, 0.29) is 0 Å². The molecule has 1 aliphatic rings. The molecule has 2 rings (SSSR count). The quantitative estimate of drug-likeness (QED) is 0.729. The van der Waals surface area contributed by atoms with Gasteiger partial charge in [-0.05, 0) is 19.4 Å². The van der Waals surface area contributed by atoms with Crippen molar-refractivity contribution < 1.29 is 4.74 Å². The van der Waals surface area contributed by atoms with Gasteiger partial charge in [0.25, 0.3) is 0 Å². The first kappa shape index (κ1) is 14.3. The van der Waals surface area contributed by atoms with Crippen molar-refractivity contribution in [2.24, 2.45) is 0 Å². The van der Waals surface area contributed by atoms with Crippen molar-refractivity contribution in [3.05, 3.63) is 12.4 Å². The van der Waals surface area contributed by atoms with E-state index < -0.39 is 0 Å². The first-order valence-corrected chi connectivity index (χ1v) is 7.45. The number of imidazole rings is 1. The van der Waals surface area contributed by atoms with Gasteiger partial charge in [0.2, 0.25) is 5.95 Å². The fraction of sp³-hybridized carbons (Fsp3) is 0.786. The van der Waals surface area contributed by atoms with Gasteiger partial charge in [-0.3, -0.25) is 4.90 Å². The Labute approximate surface area is 116 Å². The van der Waals surface area contributed by atoms with Crippen LogP contribution in [-0.4, -0.2) is 53.8 Å². The summed E-state index contributed by atoms with van der Waals surface area (Å²) >= 11 is 0. The van der Waals surface area contributed by atoms with Gasteiger partial charge >= 0.3 is 0 Å². The predicted molar refractivity (Wildman–Crippen MR) is 77.5 cm³/mol. The molecule has 0 saturated carbocycles. The number of hydrogen-bond donors (Lipinski definition) is 1. The van der Waals surface area contributed by atoms with E-state index >= 15 is 0 Å². The molecule has 0 amide bonds. The predicted octanol–water partition coefficient (Wildman–Crippen LogP) is 1.82. The van der Waals surface area contributed by atoms with E-state index in [1.165, 1.54) is 12.8 Å². The lowest BCUT2D eigenvalue weighted by molar-refractivity contribution is 0.0378. The van der Waals surface area contributed by atoms with Crippen molar-refractivity contribution in [1.82, 2.24) is 14.5 Å². The number of unbranched alkanes of at least 4 members (excludes halogenated alkanes) is 1. The highest BCUT2D eigenvalue weighted by molar-refractivity contribution is 5.25. The molecular formula is C14H26N4O. The lowest BCUT2D eigenvalue weighted by Crippen LogP contribution is -2.37. The minimum absolute atomic E-state index is 0.884. The van der Waals surface area contributed by atoms with Gasteiger partial charge in [-0.1, -0.05) is 13.3 Å². The highest BCUT2D eigenvalue weighted by Gasteiger charge is 2.09. The van der Waals surface area contributed by atoms with Crippen molar-refractivity contribution in [3.63, 3.8) is 0 Å². The lowest BCUT2D eigenvalue weighted by Gasteiger charge is -2.26. The third-order valence-corrected chi connectivity index (χ3v) is 3.51. The highest BCUT2D eigenvalue weighted by atomic mass is 16.5. The first-order chi connectivity index (χ1) is 9.40. The number of aromatic nitrogens is 2. The average Bonchev–Trinajstić information content (AvgIpc) is 2.90. The number of nitrogens with one attached hydrogen (secondary N) is 1. The number of rotatable bonds is 8. The summed E-state index contributed by atoms with van der Waals surface area (Å²) in [5.74, 6) is 1.01. The van der Waals surface area contributed by atoms with E-state index in [4.69, 9.17) is 4.74 Å². The van der Waals surface area contributed by atoms with Crippen LogP contribution in [0.4, 0.5) is 5.95 Å². The minimum atomic E-state index is 0.884. The van der Waals surface area contributed by atoms with Gasteiger partial charge in [-0.2, -0.15) is 0 Å². The Morgan fingerprint density at radius 2 is 2.11 bits per heavy atom. The monoisotopic (exact) mass is 266 g/mol. The zero-order valence-electron chi connectivity index (χ0n) is 12.0. The van der Waals surface area contributed by atoms with Crippen LogP contribution in [-0.2, 0) is 11.3 Å². The van der Waals surface area contributed by atoms with Crippen LogP contribution in [0.2, 0.25) is 0 Å². The minimum Gasteiger partial charge on any atom is -0.379 e. The van der Waals surface area contributed by atoms with E-state index in [2.05, 4.69) is 32.9 Å². The number of aryl methyl sites for hydroxylation is 1. The molecule has 1 aromatic heterocycles. The fourth-order valence-electron chi connectivity index (χ4n) is 2.31. The second kappa shape index (κ2) is 8.17. The van der Waals surface area contributed by atoms with Crippen molar-refractivity contribution in [3.8, 4) is 0 Å². The summed E-state index contributed by atoms with van der Waals surface area (Å²) < 4.78 is 7.55. The normalized spacial score (nSPS) is 16.7. The van der Waals surface area contributed by atoms with Crippen molar-refractivity contribution in [2.75, 3.05) is 44.7 Å². The van der Waals surface area contributed by atoms with Crippen LogP contribution in [0.1, 0.15) is 26.2 Å².